The molecule has 1 aromatic carbocycles. The van der Waals surface area contributed by atoms with E-state index < -0.39 is 0 Å². The molecule has 0 aliphatic rings. The summed E-state index contributed by atoms with van der Waals surface area (Å²) in [7, 11) is 1.64. The van der Waals surface area contributed by atoms with Gasteiger partial charge in [-0.25, -0.2) is 0 Å². The van der Waals surface area contributed by atoms with Crippen LogP contribution in [-0.4, -0.2) is 25.5 Å². The summed E-state index contributed by atoms with van der Waals surface area (Å²) >= 11 is 4.41. The number of aryl methyl sites for hydroxylation is 1. The standard InChI is InChI=1S/C13H14I2O4/c1-8(16)7-19-12(17)4-3-9-5-10(14)13(18-2)11(15)6-9/h5-6H,3-4,7H2,1-2H3. The fraction of sp³-hybridized carbons (Fsp3) is 0.385. The molecule has 0 aliphatic heterocycles. The normalized spacial score (nSPS) is 10.1. The minimum atomic E-state index is -0.351. The topological polar surface area (TPSA) is 52.6 Å². The summed E-state index contributed by atoms with van der Waals surface area (Å²) in [4.78, 5) is 22.1. The fourth-order valence-corrected chi connectivity index (χ4v) is 3.79. The van der Waals surface area contributed by atoms with Crippen molar-refractivity contribution in [1.29, 1.82) is 0 Å². The van der Waals surface area contributed by atoms with Crippen molar-refractivity contribution in [3.05, 3.63) is 24.8 Å². The van der Waals surface area contributed by atoms with E-state index in [2.05, 4.69) is 45.2 Å². The van der Waals surface area contributed by atoms with E-state index in [1.165, 1.54) is 6.92 Å². The van der Waals surface area contributed by atoms with Crippen molar-refractivity contribution in [2.75, 3.05) is 13.7 Å². The van der Waals surface area contributed by atoms with Crippen molar-refractivity contribution in [2.45, 2.75) is 19.8 Å². The van der Waals surface area contributed by atoms with Gasteiger partial charge in [0.05, 0.1) is 14.3 Å². The van der Waals surface area contributed by atoms with Crippen LogP contribution in [0.15, 0.2) is 12.1 Å². The van der Waals surface area contributed by atoms with Crippen LogP contribution in [0.5, 0.6) is 5.75 Å². The van der Waals surface area contributed by atoms with Crippen LogP contribution >= 0.6 is 45.2 Å². The summed E-state index contributed by atoms with van der Waals surface area (Å²) in [5.74, 6) is 0.349. The summed E-state index contributed by atoms with van der Waals surface area (Å²) in [6, 6.07) is 3.97. The lowest BCUT2D eigenvalue weighted by molar-refractivity contribution is -0.147. The van der Waals surface area contributed by atoms with E-state index in [9.17, 15) is 9.59 Å². The average Bonchev–Trinajstić information content (AvgIpc) is 2.33. The molecule has 0 saturated carbocycles. The molecule has 0 saturated heterocycles. The smallest absolute Gasteiger partial charge is 0.306 e. The molecule has 104 valence electrons. The highest BCUT2D eigenvalue weighted by Gasteiger charge is 2.10. The molecular weight excluding hydrogens is 474 g/mol. The lowest BCUT2D eigenvalue weighted by Gasteiger charge is -2.09. The number of ketones is 1. The molecule has 0 aliphatic carbocycles. The lowest BCUT2D eigenvalue weighted by atomic mass is 10.1. The van der Waals surface area contributed by atoms with Crippen LogP contribution in [-0.2, 0) is 20.7 Å². The minimum absolute atomic E-state index is 0.142. The number of carbonyl (C=O) groups is 2. The van der Waals surface area contributed by atoms with E-state index in [1.54, 1.807) is 7.11 Å². The molecular formula is C13H14I2O4. The van der Waals surface area contributed by atoms with Crippen molar-refractivity contribution in [3.63, 3.8) is 0 Å². The van der Waals surface area contributed by atoms with Gasteiger partial charge in [0.15, 0.2) is 5.78 Å². The van der Waals surface area contributed by atoms with Crippen molar-refractivity contribution >= 4 is 56.9 Å². The number of benzene rings is 1. The number of hydrogen-bond donors (Lipinski definition) is 0. The molecule has 0 amide bonds. The van der Waals surface area contributed by atoms with Crippen LogP contribution in [0, 0.1) is 7.14 Å². The molecule has 0 fully saturated rings. The van der Waals surface area contributed by atoms with Gasteiger partial charge >= 0.3 is 5.97 Å². The maximum atomic E-state index is 11.4. The number of hydrogen-bond acceptors (Lipinski definition) is 4. The molecule has 0 aromatic heterocycles. The van der Waals surface area contributed by atoms with Gasteiger partial charge in [-0.2, -0.15) is 0 Å². The number of carbonyl (C=O) groups excluding carboxylic acids is 2. The number of Topliss-reactive ketones (excluding diaryl/α,β-unsaturated/α-hetero) is 1. The molecule has 19 heavy (non-hydrogen) atoms. The van der Waals surface area contributed by atoms with Crippen LogP contribution < -0.4 is 4.74 Å². The predicted molar refractivity (Wildman–Crippen MR) is 88.4 cm³/mol. The Morgan fingerprint density at radius 3 is 2.26 bits per heavy atom. The Labute approximate surface area is 139 Å². The summed E-state index contributed by atoms with van der Waals surface area (Å²) in [5.41, 5.74) is 1.05. The first-order chi connectivity index (χ1) is 8.93. The number of methoxy groups -OCH3 is 1. The molecule has 4 nitrogen and oxygen atoms in total. The van der Waals surface area contributed by atoms with Crippen molar-refractivity contribution in [3.8, 4) is 5.75 Å². The quantitative estimate of drug-likeness (QED) is 0.457. The fourth-order valence-electron chi connectivity index (χ4n) is 1.45. The van der Waals surface area contributed by atoms with Gasteiger partial charge in [0.25, 0.3) is 0 Å². The average molecular weight is 488 g/mol. The maximum Gasteiger partial charge on any atom is 0.306 e. The number of esters is 1. The molecule has 0 heterocycles. The van der Waals surface area contributed by atoms with Crippen LogP contribution in [0.2, 0.25) is 0 Å². The van der Waals surface area contributed by atoms with E-state index in [4.69, 9.17) is 9.47 Å². The van der Waals surface area contributed by atoms with Gasteiger partial charge in [-0.3, -0.25) is 9.59 Å². The zero-order chi connectivity index (χ0) is 14.4. The zero-order valence-electron chi connectivity index (χ0n) is 10.7. The highest BCUT2D eigenvalue weighted by molar-refractivity contribution is 14.1. The Kier molecular flexibility index (Phi) is 7.05. The second-order valence-electron chi connectivity index (χ2n) is 3.96. The lowest BCUT2D eigenvalue weighted by Crippen LogP contribution is -2.11. The zero-order valence-corrected chi connectivity index (χ0v) is 15.0. The molecule has 0 bridgehead atoms. The van der Waals surface area contributed by atoms with E-state index >= 15 is 0 Å². The number of rotatable bonds is 6. The van der Waals surface area contributed by atoms with Crippen LogP contribution in [0.4, 0.5) is 0 Å². The minimum Gasteiger partial charge on any atom is -0.495 e. The van der Waals surface area contributed by atoms with Crippen LogP contribution in [0.3, 0.4) is 0 Å². The van der Waals surface area contributed by atoms with Gasteiger partial charge in [-0.15, -0.1) is 0 Å². The van der Waals surface area contributed by atoms with E-state index in [0.29, 0.717) is 6.42 Å². The molecule has 0 spiro atoms. The van der Waals surface area contributed by atoms with Crippen LogP contribution in [0.25, 0.3) is 0 Å². The van der Waals surface area contributed by atoms with Crippen molar-refractivity contribution < 1.29 is 19.1 Å². The Balaban J connectivity index is 2.59. The number of ether oxygens (including phenoxy) is 2. The second kappa shape index (κ2) is 8.03. The Morgan fingerprint density at radius 2 is 1.79 bits per heavy atom. The van der Waals surface area contributed by atoms with Gasteiger partial charge in [0, 0.05) is 6.42 Å². The molecule has 0 atom stereocenters. The van der Waals surface area contributed by atoms with Gasteiger partial charge in [-0.1, -0.05) is 0 Å². The second-order valence-corrected chi connectivity index (χ2v) is 6.28. The molecule has 1 aromatic rings. The predicted octanol–water partition coefficient (Wildman–Crippen LogP) is 2.97. The van der Waals surface area contributed by atoms with Gasteiger partial charge < -0.3 is 9.47 Å². The SMILES string of the molecule is COc1c(I)cc(CCC(=O)OCC(C)=O)cc1I. The molecule has 6 heteroatoms. The van der Waals surface area contributed by atoms with Crippen molar-refractivity contribution in [1.82, 2.24) is 0 Å². The summed E-state index contributed by atoms with van der Waals surface area (Å²) in [6.45, 7) is 1.25. The summed E-state index contributed by atoms with van der Waals surface area (Å²) in [5, 5.41) is 0. The molecule has 1 rings (SSSR count). The highest BCUT2D eigenvalue weighted by atomic mass is 127. The third-order valence-electron chi connectivity index (χ3n) is 2.32. The molecule has 0 N–H and O–H groups in total. The maximum absolute atomic E-state index is 11.4. The summed E-state index contributed by atoms with van der Waals surface area (Å²) < 4.78 is 12.1. The first-order valence-electron chi connectivity index (χ1n) is 5.61. The largest absolute Gasteiger partial charge is 0.495 e. The molecule has 0 radical (unpaired) electrons. The monoisotopic (exact) mass is 488 g/mol. The van der Waals surface area contributed by atoms with E-state index in [0.717, 1.165) is 18.5 Å². The first kappa shape index (κ1) is 16.7. The van der Waals surface area contributed by atoms with E-state index in [-0.39, 0.29) is 24.8 Å². The van der Waals surface area contributed by atoms with E-state index in [1.807, 2.05) is 12.1 Å². The number of halogens is 2. The highest BCUT2D eigenvalue weighted by Crippen LogP contribution is 2.28. The first-order valence-corrected chi connectivity index (χ1v) is 7.76. The Morgan fingerprint density at radius 1 is 1.21 bits per heavy atom. The van der Waals surface area contributed by atoms with Gasteiger partial charge in [-0.05, 0) is 76.2 Å². The third-order valence-corrected chi connectivity index (χ3v) is 3.92. The van der Waals surface area contributed by atoms with Crippen molar-refractivity contribution in [2.24, 2.45) is 0 Å². The summed E-state index contributed by atoms with van der Waals surface area (Å²) in [6.07, 6.45) is 0.860. The van der Waals surface area contributed by atoms with Gasteiger partial charge in [0.1, 0.15) is 12.4 Å². The Hall–Kier alpha value is -0.380. The van der Waals surface area contributed by atoms with Crippen LogP contribution in [0.1, 0.15) is 18.9 Å². The Bertz CT molecular complexity index is 463. The molecule has 0 unspecified atom stereocenters. The third kappa shape index (κ3) is 5.64. The van der Waals surface area contributed by atoms with Gasteiger partial charge in [0.2, 0.25) is 0 Å².